The molecule has 3 N–H and O–H groups in total. The number of carbonyl (C=O) groups excluding carboxylic acids is 1. The first-order valence-corrected chi connectivity index (χ1v) is 7.30. The van der Waals surface area contributed by atoms with Crippen molar-refractivity contribution in [2.45, 2.75) is 25.4 Å². The molecule has 1 aromatic rings. The van der Waals surface area contributed by atoms with Gasteiger partial charge in [-0.05, 0) is 31.4 Å². The van der Waals surface area contributed by atoms with Crippen molar-refractivity contribution < 1.29 is 9.53 Å². The second kappa shape index (κ2) is 7.29. The summed E-state index contributed by atoms with van der Waals surface area (Å²) in [5, 5.41) is 2.91. The lowest BCUT2D eigenvalue weighted by molar-refractivity contribution is 0.0910. The third-order valence-corrected chi connectivity index (χ3v) is 3.92. The van der Waals surface area contributed by atoms with Crippen molar-refractivity contribution in [1.82, 2.24) is 5.32 Å². The maximum absolute atomic E-state index is 11.9. The summed E-state index contributed by atoms with van der Waals surface area (Å²) < 4.78 is 5.51. The fourth-order valence-corrected chi connectivity index (χ4v) is 2.77. The van der Waals surface area contributed by atoms with E-state index >= 15 is 0 Å². The van der Waals surface area contributed by atoms with Crippen LogP contribution in [0.1, 0.15) is 33.8 Å². The molecule has 1 aliphatic rings. The largest absolute Gasteiger partial charge is 0.378 e. The first kappa shape index (κ1) is 14.1. The average Bonchev–Trinajstić information content (AvgIpc) is 3.07. The van der Waals surface area contributed by atoms with E-state index in [-0.39, 0.29) is 5.91 Å². The molecule has 0 radical (unpaired) electrons. The zero-order valence-corrected chi connectivity index (χ0v) is 11.6. The highest BCUT2D eigenvalue weighted by Gasteiger charge is 2.15. The van der Waals surface area contributed by atoms with Crippen LogP contribution in [0.15, 0.2) is 12.1 Å². The summed E-state index contributed by atoms with van der Waals surface area (Å²) in [5.74, 6) is 5.66. The first-order chi connectivity index (χ1) is 9.29. The lowest BCUT2D eigenvalue weighted by atomic mass is 10.2. The van der Waals surface area contributed by atoms with Crippen LogP contribution in [0, 0.1) is 11.8 Å². The molecule has 1 aromatic heterocycles. The van der Waals surface area contributed by atoms with Gasteiger partial charge in [-0.15, -0.1) is 11.3 Å². The normalized spacial score (nSPS) is 17.8. The van der Waals surface area contributed by atoms with Crippen molar-refractivity contribution in [2.75, 3.05) is 19.7 Å². The van der Waals surface area contributed by atoms with Crippen molar-refractivity contribution in [1.29, 1.82) is 0 Å². The molecule has 5 heteroatoms. The highest BCUT2D eigenvalue weighted by molar-refractivity contribution is 7.14. The van der Waals surface area contributed by atoms with E-state index in [0.29, 0.717) is 24.1 Å². The van der Waals surface area contributed by atoms with E-state index in [0.717, 1.165) is 30.7 Å². The monoisotopic (exact) mass is 278 g/mol. The molecule has 1 amide bonds. The smallest absolute Gasteiger partial charge is 0.261 e. The second-order valence-electron chi connectivity index (χ2n) is 4.35. The van der Waals surface area contributed by atoms with Crippen LogP contribution < -0.4 is 11.1 Å². The molecule has 102 valence electrons. The lowest BCUT2D eigenvalue weighted by Gasteiger charge is -2.09. The van der Waals surface area contributed by atoms with Gasteiger partial charge in [-0.25, -0.2) is 0 Å². The van der Waals surface area contributed by atoms with Gasteiger partial charge in [-0.3, -0.25) is 4.79 Å². The number of amides is 1. The fraction of sp³-hybridized carbons (Fsp3) is 0.500. The molecule has 0 saturated carbocycles. The van der Waals surface area contributed by atoms with Gasteiger partial charge < -0.3 is 15.8 Å². The maximum Gasteiger partial charge on any atom is 0.261 e. The zero-order chi connectivity index (χ0) is 13.5. The van der Waals surface area contributed by atoms with E-state index in [1.165, 1.54) is 11.3 Å². The molecule has 0 bridgehead atoms. The summed E-state index contributed by atoms with van der Waals surface area (Å²) in [6, 6.07) is 3.65. The molecule has 1 aliphatic heterocycles. The van der Waals surface area contributed by atoms with Crippen LogP contribution in [0.4, 0.5) is 0 Å². The van der Waals surface area contributed by atoms with Gasteiger partial charge in [-0.2, -0.15) is 0 Å². The van der Waals surface area contributed by atoms with Gasteiger partial charge in [0.05, 0.1) is 22.4 Å². The van der Waals surface area contributed by atoms with E-state index in [9.17, 15) is 4.79 Å². The molecule has 4 nitrogen and oxygen atoms in total. The van der Waals surface area contributed by atoms with Crippen molar-refractivity contribution in [3.8, 4) is 11.8 Å². The van der Waals surface area contributed by atoms with Crippen molar-refractivity contribution in [3.63, 3.8) is 0 Å². The Morgan fingerprint density at radius 1 is 1.58 bits per heavy atom. The quantitative estimate of drug-likeness (QED) is 0.817. The Hall–Kier alpha value is -1.35. The summed E-state index contributed by atoms with van der Waals surface area (Å²) in [6.45, 7) is 1.85. The lowest BCUT2D eigenvalue weighted by Crippen LogP contribution is -2.26. The number of hydrogen-bond donors (Lipinski definition) is 2. The van der Waals surface area contributed by atoms with Gasteiger partial charge in [0.1, 0.15) is 0 Å². The summed E-state index contributed by atoms with van der Waals surface area (Å²) in [4.78, 5) is 13.4. The minimum Gasteiger partial charge on any atom is -0.378 e. The maximum atomic E-state index is 11.9. The summed E-state index contributed by atoms with van der Waals surface area (Å²) in [7, 11) is 0. The van der Waals surface area contributed by atoms with Crippen LogP contribution in [-0.4, -0.2) is 31.7 Å². The van der Waals surface area contributed by atoms with Crippen LogP contribution in [-0.2, 0) is 4.74 Å². The van der Waals surface area contributed by atoms with E-state index in [2.05, 4.69) is 17.2 Å². The highest BCUT2D eigenvalue weighted by atomic mass is 32.1. The fourth-order valence-electron chi connectivity index (χ4n) is 1.97. The molecular weight excluding hydrogens is 260 g/mol. The molecule has 1 fully saturated rings. The zero-order valence-electron chi connectivity index (χ0n) is 10.8. The van der Waals surface area contributed by atoms with E-state index in [1.54, 1.807) is 6.07 Å². The Bertz CT molecular complexity index is 481. The summed E-state index contributed by atoms with van der Waals surface area (Å²) in [6.07, 6.45) is 3.44. The third-order valence-electron chi connectivity index (χ3n) is 2.92. The van der Waals surface area contributed by atoms with Crippen LogP contribution in [0.2, 0.25) is 0 Å². The number of rotatable bonds is 4. The molecule has 2 rings (SSSR count). The minimum absolute atomic E-state index is 0.0382. The predicted molar refractivity (Wildman–Crippen MR) is 76.2 cm³/mol. The number of thiophene rings is 1. The Balaban J connectivity index is 1.77. The summed E-state index contributed by atoms with van der Waals surface area (Å²) in [5.41, 5.74) is 5.31. The van der Waals surface area contributed by atoms with Gasteiger partial charge in [0, 0.05) is 13.2 Å². The Morgan fingerprint density at radius 2 is 2.47 bits per heavy atom. The highest BCUT2D eigenvalue weighted by Crippen LogP contribution is 2.16. The Morgan fingerprint density at radius 3 is 3.21 bits per heavy atom. The standard InChI is InChI=1S/C14H18N2O2S/c15-8-1-4-12-5-6-13(19-12)14(17)16-9-7-11-3-2-10-18-11/h5-6,11H,2-3,7-10,15H2,(H,16,17). The average molecular weight is 278 g/mol. The minimum atomic E-state index is -0.0382. The van der Waals surface area contributed by atoms with Crippen molar-refractivity contribution in [3.05, 3.63) is 21.9 Å². The predicted octanol–water partition coefficient (Wildman–Crippen LogP) is 1.36. The van der Waals surface area contributed by atoms with Gasteiger partial charge >= 0.3 is 0 Å². The Kier molecular flexibility index (Phi) is 5.40. The van der Waals surface area contributed by atoms with Gasteiger partial charge in [0.15, 0.2) is 0 Å². The second-order valence-corrected chi connectivity index (χ2v) is 5.43. The molecule has 1 atom stereocenters. The third kappa shape index (κ3) is 4.35. The molecule has 0 spiro atoms. The molecule has 2 heterocycles. The molecule has 19 heavy (non-hydrogen) atoms. The summed E-state index contributed by atoms with van der Waals surface area (Å²) >= 11 is 1.39. The van der Waals surface area contributed by atoms with E-state index in [1.807, 2.05) is 6.07 Å². The molecule has 1 unspecified atom stereocenters. The molecule has 1 saturated heterocycles. The SMILES string of the molecule is NCC#Cc1ccc(C(=O)NCCC2CCCO2)s1. The van der Waals surface area contributed by atoms with Gasteiger partial charge in [0.25, 0.3) is 5.91 Å². The van der Waals surface area contributed by atoms with E-state index in [4.69, 9.17) is 10.5 Å². The van der Waals surface area contributed by atoms with Crippen LogP contribution in [0.3, 0.4) is 0 Å². The number of ether oxygens (including phenoxy) is 1. The van der Waals surface area contributed by atoms with Gasteiger partial charge in [0.2, 0.25) is 0 Å². The molecular formula is C14H18N2O2S. The van der Waals surface area contributed by atoms with E-state index < -0.39 is 0 Å². The van der Waals surface area contributed by atoms with Gasteiger partial charge in [-0.1, -0.05) is 11.8 Å². The first-order valence-electron chi connectivity index (χ1n) is 6.48. The topological polar surface area (TPSA) is 64.4 Å². The number of hydrogen-bond acceptors (Lipinski definition) is 4. The van der Waals surface area contributed by atoms with Crippen LogP contribution in [0.25, 0.3) is 0 Å². The number of nitrogens with two attached hydrogens (primary N) is 1. The van der Waals surface area contributed by atoms with Crippen LogP contribution in [0.5, 0.6) is 0 Å². The van der Waals surface area contributed by atoms with Crippen molar-refractivity contribution in [2.24, 2.45) is 5.73 Å². The van der Waals surface area contributed by atoms with Crippen molar-refractivity contribution >= 4 is 17.2 Å². The molecule has 0 aliphatic carbocycles. The number of carbonyl (C=O) groups is 1. The Labute approximate surface area is 117 Å². The molecule has 0 aromatic carbocycles. The number of nitrogens with one attached hydrogen (secondary N) is 1. The van der Waals surface area contributed by atoms with Crippen LogP contribution >= 0.6 is 11.3 Å².